The topological polar surface area (TPSA) is 108 Å². The molecule has 0 aromatic carbocycles. The van der Waals surface area contributed by atoms with Gasteiger partial charge in [-0.25, -0.2) is 14.8 Å². The number of primary amides is 1. The molecule has 2 aromatic heterocycles. The third kappa shape index (κ3) is 5.71. The predicted molar refractivity (Wildman–Crippen MR) is 137 cm³/mol. The number of nitrogens with zero attached hydrogens (tertiary/aromatic N) is 3. The first-order chi connectivity index (χ1) is 16.6. The van der Waals surface area contributed by atoms with E-state index in [9.17, 15) is 9.59 Å². The third-order valence-corrected chi connectivity index (χ3v) is 8.32. The molecule has 0 aliphatic heterocycles. The van der Waals surface area contributed by atoms with Gasteiger partial charge in [0.2, 0.25) is 11.8 Å². The zero-order valence-corrected chi connectivity index (χ0v) is 22.3. The highest BCUT2D eigenvalue weighted by Gasteiger charge is 2.34. The van der Waals surface area contributed by atoms with Crippen LogP contribution in [0.5, 0.6) is 5.88 Å². The maximum Gasteiger partial charge on any atom is 0.410 e. The number of hydrogen-bond donors (Lipinski definition) is 1. The Balaban J connectivity index is 1.46. The molecule has 0 unspecified atom stereocenters. The summed E-state index contributed by atoms with van der Waals surface area (Å²) in [7, 11) is 0. The lowest BCUT2D eigenvalue weighted by molar-refractivity contribution is -0.121. The fourth-order valence-electron chi connectivity index (χ4n) is 5.40. The minimum atomic E-state index is -0.503. The zero-order valence-electron chi connectivity index (χ0n) is 21.5. The van der Waals surface area contributed by atoms with Crippen LogP contribution in [0.1, 0.15) is 89.5 Å². The van der Waals surface area contributed by atoms with E-state index in [-0.39, 0.29) is 36.0 Å². The monoisotopic (exact) mass is 502 g/mol. The van der Waals surface area contributed by atoms with E-state index in [0.29, 0.717) is 12.4 Å². The van der Waals surface area contributed by atoms with Crippen molar-refractivity contribution < 1.29 is 19.1 Å². The highest BCUT2D eigenvalue weighted by atomic mass is 32.1. The minimum Gasteiger partial charge on any atom is -0.474 e. The van der Waals surface area contributed by atoms with Crippen molar-refractivity contribution in [2.24, 2.45) is 11.7 Å². The van der Waals surface area contributed by atoms with Gasteiger partial charge in [-0.2, -0.15) is 0 Å². The van der Waals surface area contributed by atoms with Gasteiger partial charge in [0.25, 0.3) is 0 Å². The first-order valence-corrected chi connectivity index (χ1v) is 13.6. The van der Waals surface area contributed by atoms with Crippen LogP contribution in [0.3, 0.4) is 0 Å². The van der Waals surface area contributed by atoms with Gasteiger partial charge in [-0.15, -0.1) is 11.3 Å². The summed E-state index contributed by atoms with van der Waals surface area (Å²) in [5, 5.41) is 1.01. The second-order valence-electron chi connectivity index (χ2n) is 10.9. The molecule has 192 valence electrons. The number of carbonyl (C=O) groups excluding carboxylic acids is 2. The Hall–Kier alpha value is -2.42. The molecule has 8 nitrogen and oxygen atoms in total. The summed E-state index contributed by atoms with van der Waals surface area (Å²) < 4.78 is 12.1. The highest BCUT2D eigenvalue weighted by molar-refractivity contribution is 7.19. The molecule has 0 saturated heterocycles. The molecule has 0 spiro atoms. The molecule has 2 amide bonds. The first-order valence-electron chi connectivity index (χ1n) is 12.8. The number of nitrogens with two attached hydrogens (primary N) is 1. The fraction of sp³-hybridized carbons (Fsp3) is 0.692. The van der Waals surface area contributed by atoms with E-state index in [0.717, 1.165) is 55.2 Å². The van der Waals surface area contributed by atoms with Crippen molar-refractivity contribution >= 4 is 33.6 Å². The summed E-state index contributed by atoms with van der Waals surface area (Å²) in [5.41, 5.74) is 6.30. The molecule has 2 N–H and O–H groups in total. The van der Waals surface area contributed by atoms with E-state index in [2.05, 4.69) is 9.97 Å². The molecule has 2 atom stereocenters. The second-order valence-corrected chi connectivity index (χ2v) is 12.0. The smallest absolute Gasteiger partial charge is 0.410 e. The summed E-state index contributed by atoms with van der Waals surface area (Å²) in [6, 6.07) is 0.158. The van der Waals surface area contributed by atoms with Gasteiger partial charge in [-0.1, -0.05) is 6.92 Å². The van der Waals surface area contributed by atoms with E-state index in [4.69, 9.17) is 15.2 Å². The van der Waals surface area contributed by atoms with E-state index < -0.39 is 5.60 Å². The van der Waals surface area contributed by atoms with Gasteiger partial charge in [0, 0.05) is 23.4 Å². The van der Waals surface area contributed by atoms with Crippen molar-refractivity contribution in [1.82, 2.24) is 14.9 Å². The van der Waals surface area contributed by atoms with Gasteiger partial charge in [0.15, 0.2) is 0 Å². The van der Waals surface area contributed by atoms with Crippen LogP contribution in [-0.4, -0.2) is 51.2 Å². The molecule has 4 rings (SSSR count). The van der Waals surface area contributed by atoms with Crippen LogP contribution in [0.15, 0.2) is 6.33 Å². The Morgan fingerprint density at radius 3 is 2.54 bits per heavy atom. The van der Waals surface area contributed by atoms with Crippen molar-refractivity contribution in [3.05, 3.63) is 16.8 Å². The van der Waals surface area contributed by atoms with Gasteiger partial charge < -0.3 is 20.1 Å². The Kier molecular flexibility index (Phi) is 7.54. The average molecular weight is 503 g/mol. The lowest BCUT2D eigenvalue weighted by atomic mass is 9.90. The van der Waals surface area contributed by atoms with E-state index in [1.165, 1.54) is 10.4 Å². The predicted octanol–water partition coefficient (Wildman–Crippen LogP) is 5.18. The highest BCUT2D eigenvalue weighted by Crippen LogP contribution is 2.48. The van der Waals surface area contributed by atoms with Crippen LogP contribution < -0.4 is 10.5 Å². The molecule has 2 aliphatic carbocycles. The van der Waals surface area contributed by atoms with Crippen molar-refractivity contribution in [2.75, 3.05) is 6.54 Å². The van der Waals surface area contributed by atoms with Gasteiger partial charge >= 0.3 is 6.09 Å². The summed E-state index contributed by atoms with van der Waals surface area (Å²) in [5.74, 6) is 0.498. The Morgan fingerprint density at radius 1 is 1.20 bits per heavy atom. The van der Waals surface area contributed by atoms with Gasteiger partial charge in [-0.05, 0) is 84.1 Å². The Labute approximate surface area is 211 Å². The minimum absolute atomic E-state index is 0.0432. The molecule has 2 heterocycles. The first kappa shape index (κ1) is 25.7. The molecule has 0 bridgehead atoms. The zero-order chi connectivity index (χ0) is 25.3. The van der Waals surface area contributed by atoms with Crippen LogP contribution in [0.2, 0.25) is 0 Å². The fourth-order valence-corrected chi connectivity index (χ4v) is 6.63. The molecule has 2 aromatic rings. The second kappa shape index (κ2) is 10.3. The van der Waals surface area contributed by atoms with E-state index in [1.807, 2.05) is 39.5 Å². The maximum absolute atomic E-state index is 12.7. The molecule has 1 fully saturated rings. The number of amides is 2. The van der Waals surface area contributed by atoms with E-state index >= 15 is 0 Å². The van der Waals surface area contributed by atoms with Crippen LogP contribution in [-0.2, 0) is 16.0 Å². The van der Waals surface area contributed by atoms with Gasteiger partial charge in [-0.3, -0.25) is 4.79 Å². The lowest BCUT2D eigenvalue weighted by Crippen LogP contribution is -2.45. The number of thiophene rings is 1. The number of aromatic nitrogens is 2. The largest absolute Gasteiger partial charge is 0.474 e. The van der Waals surface area contributed by atoms with Crippen molar-refractivity contribution in [2.45, 2.75) is 103 Å². The Bertz CT molecular complexity index is 1070. The lowest BCUT2D eigenvalue weighted by Gasteiger charge is -2.37. The van der Waals surface area contributed by atoms with Gasteiger partial charge in [0.05, 0.1) is 5.39 Å². The number of hydrogen-bond acceptors (Lipinski definition) is 7. The number of rotatable bonds is 7. The molecular formula is C26H38N4O4S. The van der Waals surface area contributed by atoms with Crippen LogP contribution in [0, 0.1) is 5.92 Å². The standard InChI is InChI=1S/C26H38N4O4S/c1-6-30(25(32)34-26(3,4)5)17-8-10-18(11-9-17)33-23-21-20-16(13-15(2)22(27)31)7-12-19(20)35-24(21)29-14-28-23/h14-18H,6-13H2,1-5H3,(H2,27,31)/t15-,16+,17-,18+/m0/s1. The van der Waals surface area contributed by atoms with Crippen molar-refractivity contribution in [1.29, 1.82) is 0 Å². The normalized spacial score (nSPS) is 23.1. The van der Waals surface area contributed by atoms with E-state index in [1.54, 1.807) is 17.7 Å². The summed E-state index contributed by atoms with van der Waals surface area (Å²) in [6.07, 6.45) is 7.57. The summed E-state index contributed by atoms with van der Waals surface area (Å²) in [4.78, 5) is 37.5. The van der Waals surface area contributed by atoms with Gasteiger partial charge in [0.1, 0.15) is 22.9 Å². The van der Waals surface area contributed by atoms with Crippen LogP contribution in [0.4, 0.5) is 4.79 Å². The number of carbonyl (C=O) groups is 2. The van der Waals surface area contributed by atoms with Crippen molar-refractivity contribution in [3.8, 4) is 5.88 Å². The molecular weight excluding hydrogens is 464 g/mol. The molecule has 9 heteroatoms. The number of fused-ring (bicyclic) bond motifs is 3. The SMILES string of the molecule is CCN(C(=O)OC(C)(C)C)[C@H]1CC[C@@H](Oc2ncnc3sc4c(c23)[C@@H](C[C@H](C)C(N)=O)CC4)CC1. The molecule has 0 radical (unpaired) electrons. The maximum atomic E-state index is 12.7. The van der Waals surface area contributed by atoms with Crippen LogP contribution in [0.25, 0.3) is 10.2 Å². The number of ether oxygens (including phenoxy) is 2. The summed E-state index contributed by atoms with van der Waals surface area (Å²) >= 11 is 1.71. The quantitative estimate of drug-likeness (QED) is 0.559. The molecule has 2 aliphatic rings. The summed E-state index contributed by atoms with van der Waals surface area (Å²) in [6.45, 7) is 10.2. The Morgan fingerprint density at radius 2 is 1.91 bits per heavy atom. The van der Waals surface area contributed by atoms with Crippen molar-refractivity contribution in [3.63, 3.8) is 0 Å². The molecule has 35 heavy (non-hydrogen) atoms. The van der Waals surface area contributed by atoms with Crippen LogP contribution >= 0.6 is 11.3 Å². The third-order valence-electron chi connectivity index (χ3n) is 7.15. The number of aryl methyl sites for hydroxylation is 1. The average Bonchev–Trinajstić information content (AvgIpc) is 3.34. The molecule has 1 saturated carbocycles.